The molecule has 0 saturated heterocycles. The van der Waals surface area contributed by atoms with E-state index in [9.17, 15) is 4.39 Å². The molecule has 1 unspecified atom stereocenters. The van der Waals surface area contributed by atoms with Crippen molar-refractivity contribution in [2.75, 3.05) is 7.05 Å². The number of aromatic nitrogens is 1. The van der Waals surface area contributed by atoms with Crippen LogP contribution < -0.4 is 5.32 Å². The summed E-state index contributed by atoms with van der Waals surface area (Å²) in [6, 6.07) is 5.05. The molecule has 0 radical (unpaired) electrons. The van der Waals surface area contributed by atoms with Crippen LogP contribution >= 0.6 is 27.3 Å². The van der Waals surface area contributed by atoms with Crippen LogP contribution in [-0.4, -0.2) is 12.0 Å². The normalized spacial score (nSPS) is 13.5. The minimum atomic E-state index is -0.252. The Morgan fingerprint density at radius 2 is 2.05 bits per heavy atom. The van der Waals surface area contributed by atoms with Gasteiger partial charge in [0.15, 0.2) is 0 Å². The van der Waals surface area contributed by atoms with Gasteiger partial charge in [-0.1, -0.05) is 26.8 Å². The molecule has 20 heavy (non-hydrogen) atoms. The molecule has 1 aromatic carbocycles. The lowest BCUT2D eigenvalue weighted by atomic mass is 9.93. The monoisotopic (exact) mass is 356 g/mol. The summed E-state index contributed by atoms with van der Waals surface area (Å²) >= 11 is 4.86. The number of hydrogen-bond acceptors (Lipinski definition) is 3. The molecular weight excluding hydrogens is 339 g/mol. The lowest BCUT2D eigenvalue weighted by Crippen LogP contribution is -2.18. The Bertz CT molecular complexity index is 604. The number of nitrogens with zero attached hydrogens (tertiary/aromatic N) is 1. The van der Waals surface area contributed by atoms with E-state index in [2.05, 4.69) is 47.4 Å². The van der Waals surface area contributed by atoms with Crippen molar-refractivity contribution in [1.29, 1.82) is 0 Å². The van der Waals surface area contributed by atoms with Gasteiger partial charge in [0.1, 0.15) is 10.8 Å². The lowest BCUT2D eigenvalue weighted by molar-refractivity contribution is 0.566. The zero-order chi connectivity index (χ0) is 14.9. The summed E-state index contributed by atoms with van der Waals surface area (Å²) in [6.45, 7) is 6.44. The average molecular weight is 357 g/mol. The van der Waals surface area contributed by atoms with E-state index >= 15 is 0 Å². The van der Waals surface area contributed by atoms with Crippen molar-refractivity contribution >= 4 is 27.3 Å². The summed E-state index contributed by atoms with van der Waals surface area (Å²) in [5.41, 5.74) is 2.12. The maximum atomic E-state index is 13.3. The maximum absolute atomic E-state index is 13.3. The van der Waals surface area contributed by atoms with Gasteiger partial charge in [0.25, 0.3) is 0 Å². The highest BCUT2D eigenvalue weighted by Gasteiger charge is 2.22. The third kappa shape index (κ3) is 3.27. The zero-order valence-electron chi connectivity index (χ0n) is 12.0. The quantitative estimate of drug-likeness (QED) is 0.865. The lowest BCUT2D eigenvalue weighted by Gasteiger charge is -2.16. The highest BCUT2D eigenvalue weighted by atomic mass is 79.9. The largest absolute Gasteiger partial charge is 0.307 e. The predicted octanol–water partition coefficient (Wildman–Crippen LogP) is 4.65. The standard InChI is InChI=1S/C15H18BrFN2S/c1-15(2,3)12-8-20-14(19-12)13(18-4)9-5-6-11(17)10(16)7-9/h5-8,13,18H,1-4H3. The molecule has 2 aromatic rings. The summed E-state index contributed by atoms with van der Waals surface area (Å²) in [5.74, 6) is -0.252. The van der Waals surface area contributed by atoms with Crippen molar-refractivity contribution in [3.8, 4) is 0 Å². The Labute approximate surface area is 131 Å². The molecule has 0 aliphatic rings. The van der Waals surface area contributed by atoms with Gasteiger partial charge in [-0.3, -0.25) is 0 Å². The molecule has 5 heteroatoms. The average Bonchev–Trinajstić information content (AvgIpc) is 2.84. The summed E-state index contributed by atoms with van der Waals surface area (Å²) in [7, 11) is 1.89. The minimum Gasteiger partial charge on any atom is -0.307 e. The highest BCUT2D eigenvalue weighted by Crippen LogP contribution is 2.31. The minimum absolute atomic E-state index is 0.0204. The van der Waals surface area contributed by atoms with E-state index in [1.807, 2.05) is 7.05 Å². The number of benzene rings is 1. The second-order valence-electron chi connectivity index (χ2n) is 5.72. The molecule has 0 bridgehead atoms. The van der Waals surface area contributed by atoms with E-state index < -0.39 is 0 Å². The van der Waals surface area contributed by atoms with Crippen LogP contribution in [0.5, 0.6) is 0 Å². The molecule has 2 rings (SSSR count). The molecule has 108 valence electrons. The molecule has 0 amide bonds. The van der Waals surface area contributed by atoms with Gasteiger partial charge in [-0.15, -0.1) is 11.3 Å². The Hall–Kier alpha value is -0.780. The highest BCUT2D eigenvalue weighted by molar-refractivity contribution is 9.10. The number of thiazole rings is 1. The molecular formula is C15H18BrFN2S. The van der Waals surface area contributed by atoms with Crippen LogP contribution in [0.4, 0.5) is 4.39 Å². The van der Waals surface area contributed by atoms with Crippen LogP contribution in [0.25, 0.3) is 0 Å². The third-order valence-corrected chi connectivity index (χ3v) is 4.62. The molecule has 1 atom stereocenters. The SMILES string of the molecule is CNC(c1ccc(F)c(Br)c1)c1nc(C(C)(C)C)cs1. The second kappa shape index (κ2) is 5.92. The van der Waals surface area contributed by atoms with Gasteiger partial charge in [0, 0.05) is 10.8 Å². The first-order valence-corrected chi connectivity index (χ1v) is 8.08. The van der Waals surface area contributed by atoms with Crippen molar-refractivity contribution < 1.29 is 4.39 Å². The second-order valence-corrected chi connectivity index (χ2v) is 7.46. The van der Waals surface area contributed by atoms with Crippen LogP contribution in [0.15, 0.2) is 28.1 Å². The number of rotatable bonds is 3. The Morgan fingerprint density at radius 1 is 1.35 bits per heavy atom. The van der Waals surface area contributed by atoms with Gasteiger partial charge in [0.2, 0.25) is 0 Å². The molecule has 0 fully saturated rings. The van der Waals surface area contributed by atoms with Gasteiger partial charge < -0.3 is 5.32 Å². The molecule has 0 aliphatic heterocycles. The smallest absolute Gasteiger partial charge is 0.137 e. The van der Waals surface area contributed by atoms with Gasteiger partial charge in [-0.05, 0) is 40.7 Å². The van der Waals surface area contributed by atoms with E-state index in [4.69, 9.17) is 4.98 Å². The van der Waals surface area contributed by atoms with Crippen LogP contribution in [0.2, 0.25) is 0 Å². The fourth-order valence-electron chi connectivity index (χ4n) is 1.89. The van der Waals surface area contributed by atoms with Crippen molar-refractivity contribution in [1.82, 2.24) is 10.3 Å². The van der Waals surface area contributed by atoms with E-state index in [0.717, 1.165) is 16.3 Å². The molecule has 2 nitrogen and oxygen atoms in total. The van der Waals surface area contributed by atoms with E-state index in [-0.39, 0.29) is 17.3 Å². The summed E-state index contributed by atoms with van der Waals surface area (Å²) in [6.07, 6.45) is 0. The van der Waals surface area contributed by atoms with Gasteiger partial charge >= 0.3 is 0 Å². The zero-order valence-corrected chi connectivity index (χ0v) is 14.4. The Balaban J connectivity index is 2.37. The molecule has 1 heterocycles. The fraction of sp³-hybridized carbons (Fsp3) is 0.400. The number of hydrogen-bond donors (Lipinski definition) is 1. The summed E-state index contributed by atoms with van der Waals surface area (Å²) < 4.78 is 13.8. The van der Waals surface area contributed by atoms with E-state index in [1.165, 1.54) is 6.07 Å². The van der Waals surface area contributed by atoms with Crippen molar-refractivity contribution in [2.24, 2.45) is 0 Å². The third-order valence-electron chi connectivity index (χ3n) is 3.10. The van der Waals surface area contributed by atoms with Gasteiger partial charge in [-0.2, -0.15) is 0 Å². The Kier molecular flexibility index (Phi) is 4.62. The van der Waals surface area contributed by atoms with Crippen molar-refractivity contribution in [3.05, 3.63) is 50.1 Å². The summed E-state index contributed by atoms with van der Waals surface area (Å²) in [4.78, 5) is 4.73. The number of nitrogens with one attached hydrogen (secondary N) is 1. The van der Waals surface area contributed by atoms with Crippen molar-refractivity contribution in [2.45, 2.75) is 32.2 Å². The first-order valence-electron chi connectivity index (χ1n) is 6.41. The molecule has 0 saturated carbocycles. The van der Waals surface area contributed by atoms with Gasteiger partial charge in [0.05, 0.1) is 16.2 Å². The molecule has 0 spiro atoms. The van der Waals surface area contributed by atoms with Gasteiger partial charge in [-0.25, -0.2) is 9.37 Å². The van der Waals surface area contributed by atoms with E-state index in [0.29, 0.717) is 4.47 Å². The molecule has 1 aromatic heterocycles. The van der Waals surface area contributed by atoms with Crippen LogP contribution in [0.1, 0.15) is 43.1 Å². The first kappa shape index (κ1) is 15.6. The topological polar surface area (TPSA) is 24.9 Å². The molecule has 0 aliphatic carbocycles. The van der Waals surface area contributed by atoms with E-state index in [1.54, 1.807) is 23.5 Å². The molecule has 1 N–H and O–H groups in total. The first-order chi connectivity index (χ1) is 9.32. The fourth-order valence-corrected chi connectivity index (χ4v) is 3.47. The summed E-state index contributed by atoms with van der Waals surface area (Å²) in [5, 5.41) is 6.34. The van der Waals surface area contributed by atoms with Crippen molar-refractivity contribution in [3.63, 3.8) is 0 Å². The van der Waals surface area contributed by atoms with Crippen LogP contribution in [0.3, 0.4) is 0 Å². The Morgan fingerprint density at radius 3 is 2.55 bits per heavy atom. The van der Waals surface area contributed by atoms with Crippen LogP contribution in [0, 0.1) is 5.82 Å². The maximum Gasteiger partial charge on any atom is 0.137 e. The predicted molar refractivity (Wildman–Crippen MR) is 85.8 cm³/mol. The number of halogens is 2. The van der Waals surface area contributed by atoms with Crippen LogP contribution in [-0.2, 0) is 5.41 Å².